The van der Waals surface area contributed by atoms with Crippen LogP contribution < -0.4 is 0 Å². The molecule has 6 heteroatoms. The summed E-state index contributed by atoms with van der Waals surface area (Å²) in [6.45, 7) is 0.722. The molecule has 0 bridgehead atoms. The van der Waals surface area contributed by atoms with E-state index in [1.165, 1.54) is 0 Å². The van der Waals surface area contributed by atoms with Crippen LogP contribution in [0.25, 0.3) is 0 Å². The van der Waals surface area contributed by atoms with Gasteiger partial charge in [0.25, 0.3) is 0 Å². The van der Waals surface area contributed by atoms with Crippen molar-refractivity contribution in [2.24, 2.45) is 0 Å². The first-order valence-corrected chi connectivity index (χ1v) is 4.75. The molecular formula is C8H17BO5. The molecule has 0 aromatic carbocycles. The number of ether oxygens (including phenoxy) is 3. The summed E-state index contributed by atoms with van der Waals surface area (Å²) in [4.78, 5) is 0. The fourth-order valence-corrected chi connectivity index (χ4v) is 1.58. The number of methoxy groups -OCH3 is 1. The lowest BCUT2D eigenvalue weighted by Gasteiger charge is -2.18. The van der Waals surface area contributed by atoms with Gasteiger partial charge < -0.3 is 24.4 Å². The normalized spacial score (nSPS) is 37.6. The molecule has 82 valence electrons. The quantitative estimate of drug-likeness (QED) is 0.390. The van der Waals surface area contributed by atoms with E-state index in [9.17, 15) is 5.11 Å². The highest BCUT2D eigenvalue weighted by molar-refractivity contribution is 6.11. The maximum absolute atomic E-state index is 9.67. The molecule has 4 unspecified atom stereocenters. The molecule has 1 aliphatic rings. The number of hydrogen-bond acceptors (Lipinski definition) is 5. The Morgan fingerprint density at radius 3 is 2.64 bits per heavy atom. The first kappa shape index (κ1) is 11.9. The first-order valence-electron chi connectivity index (χ1n) is 4.75. The standard InChI is InChI=1S/C8H17BO5/c1-12-2-3-13-7-6(11)5(4-10)14-8(7)9/h5-8,10-11H,2-4,9H2,1H3. The molecular weight excluding hydrogens is 187 g/mol. The fourth-order valence-electron chi connectivity index (χ4n) is 1.58. The smallest absolute Gasteiger partial charge is 0.142 e. The van der Waals surface area contributed by atoms with E-state index < -0.39 is 12.2 Å². The Kier molecular flexibility index (Phi) is 4.84. The van der Waals surface area contributed by atoms with Gasteiger partial charge in [-0.15, -0.1) is 0 Å². The molecule has 0 spiro atoms. The summed E-state index contributed by atoms with van der Waals surface area (Å²) < 4.78 is 15.5. The number of aliphatic hydroxyl groups excluding tert-OH is 2. The lowest BCUT2D eigenvalue weighted by molar-refractivity contribution is -0.0415. The molecule has 1 saturated heterocycles. The second kappa shape index (κ2) is 5.67. The summed E-state index contributed by atoms with van der Waals surface area (Å²) in [5.41, 5.74) is 0. The Morgan fingerprint density at radius 2 is 2.14 bits per heavy atom. The van der Waals surface area contributed by atoms with Gasteiger partial charge in [-0.1, -0.05) is 0 Å². The fraction of sp³-hybridized carbons (Fsp3) is 1.00. The average Bonchev–Trinajstić information content (AvgIpc) is 2.45. The lowest BCUT2D eigenvalue weighted by Crippen LogP contribution is -2.37. The molecule has 2 N–H and O–H groups in total. The molecule has 0 aliphatic carbocycles. The van der Waals surface area contributed by atoms with E-state index in [0.29, 0.717) is 13.2 Å². The molecule has 1 rings (SSSR count). The summed E-state index contributed by atoms with van der Waals surface area (Å²) in [5.74, 6) is 0. The molecule has 4 atom stereocenters. The third-order valence-electron chi connectivity index (χ3n) is 2.35. The van der Waals surface area contributed by atoms with Crippen LogP contribution in [0, 0.1) is 0 Å². The Hall–Kier alpha value is -0.135. The molecule has 1 heterocycles. The second-order valence-electron chi connectivity index (χ2n) is 3.38. The maximum atomic E-state index is 9.67. The highest BCUT2D eigenvalue weighted by atomic mass is 16.6. The Bertz CT molecular complexity index is 168. The van der Waals surface area contributed by atoms with Gasteiger partial charge >= 0.3 is 0 Å². The maximum Gasteiger partial charge on any atom is 0.142 e. The van der Waals surface area contributed by atoms with Crippen molar-refractivity contribution < 1.29 is 24.4 Å². The van der Waals surface area contributed by atoms with Gasteiger partial charge in [0.15, 0.2) is 0 Å². The van der Waals surface area contributed by atoms with Crippen molar-refractivity contribution in [1.29, 1.82) is 0 Å². The van der Waals surface area contributed by atoms with E-state index in [0.717, 1.165) is 0 Å². The van der Waals surface area contributed by atoms with Crippen LogP contribution in [-0.4, -0.2) is 69.3 Å². The summed E-state index contributed by atoms with van der Waals surface area (Å²) in [7, 11) is 3.40. The summed E-state index contributed by atoms with van der Waals surface area (Å²) in [6.07, 6.45) is -1.66. The van der Waals surface area contributed by atoms with Gasteiger partial charge in [0.05, 0.1) is 25.8 Å². The summed E-state index contributed by atoms with van der Waals surface area (Å²) in [6, 6.07) is -0.195. The van der Waals surface area contributed by atoms with Crippen LogP contribution in [0.1, 0.15) is 0 Å². The van der Waals surface area contributed by atoms with Crippen molar-refractivity contribution in [2.75, 3.05) is 26.9 Å². The van der Waals surface area contributed by atoms with Crippen molar-refractivity contribution in [3.05, 3.63) is 0 Å². The Morgan fingerprint density at radius 1 is 1.43 bits per heavy atom. The van der Waals surface area contributed by atoms with Crippen LogP contribution >= 0.6 is 0 Å². The van der Waals surface area contributed by atoms with Crippen LogP contribution in [0.15, 0.2) is 0 Å². The largest absolute Gasteiger partial charge is 0.394 e. The van der Waals surface area contributed by atoms with E-state index in [2.05, 4.69) is 0 Å². The van der Waals surface area contributed by atoms with Crippen molar-refractivity contribution in [3.63, 3.8) is 0 Å². The SMILES string of the molecule is BC1OC(CO)C(O)C1OCCOC. The second-order valence-corrected chi connectivity index (χ2v) is 3.38. The number of aliphatic hydroxyl groups is 2. The van der Waals surface area contributed by atoms with Gasteiger partial charge in [-0.2, -0.15) is 0 Å². The van der Waals surface area contributed by atoms with Crippen LogP contribution in [0.4, 0.5) is 0 Å². The predicted octanol–water partition coefficient (Wildman–Crippen LogP) is -2.27. The zero-order chi connectivity index (χ0) is 10.6. The van der Waals surface area contributed by atoms with E-state index in [1.807, 2.05) is 7.85 Å². The zero-order valence-electron chi connectivity index (χ0n) is 8.55. The molecule has 0 amide bonds. The minimum atomic E-state index is -0.758. The van der Waals surface area contributed by atoms with E-state index in [1.54, 1.807) is 7.11 Å². The third kappa shape index (κ3) is 2.68. The lowest BCUT2D eigenvalue weighted by atomic mass is 9.93. The van der Waals surface area contributed by atoms with Gasteiger partial charge in [-0.3, -0.25) is 0 Å². The minimum absolute atomic E-state index is 0.185. The van der Waals surface area contributed by atoms with Gasteiger partial charge in [0, 0.05) is 7.11 Å². The van der Waals surface area contributed by atoms with Crippen molar-refractivity contribution >= 4 is 7.85 Å². The van der Waals surface area contributed by atoms with Gasteiger partial charge in [0.2, 0.25) is 0 Å². The molecule has 0 aromatic heterocycles. The van der Waals surface area contributed by atoms with Gasteiger partial charge in [-0.05, 0) is 0 Å². The molecule has 0 aromatic rings. The molecule has 14 heavy (non-hydrogen) atoms. The highest BCUT2D eigenvalue weighted by Crippen LogP contribution is 2.21. The molecule has 0 saturated carbocycles. The Labute approximate surface area is 84.4 Å². The molecule has 1 fully saturated rings. The zero-order valence-corrected chi connectivity index (χ0v) is 8.55. The monoisotopic (exact) mass is 204 g/mol. The van der Waals surface area contributed by atoms with Crippen LogP contribution in [-0.2, 0) is 14.2 Å². The number of hydrogen-bond donors (Lipinski definition) is 2. The van der Waals surface area contributed by atoms with Gasteiger partial charge in [-0.25, -0.2) is 0 Å². The number of rotatable bonds is 5. The molecule has 0 radical (unpaired) electrons. The summed E-state index contributed by atoms with van der Waals surface area (Å²) in [5, 5.41) is 18.5. The molecule has 1 aliphatic heterocycles. The Balaban J connectivity index is 2.36. The molecule has 5 nitrogen and oxygen atoms in total. The first-order chi connectivity index (χ1) is 6.70. The van der Waals surface area contributed by atoms with Crippen molar-refractivity contribution in [2.45, 2.75) is 24.3 Å². The van der Waals surface area contributed by atoms with E-state index in [4.69, 9.17) is 19.3 Å². The van der Waals surface area contributed by atoms with Crippen molar-refractivity contribution in [1.82, 2.24) is 0 Å². The van der Waals surface area contributed by atoms with E-state index in [-0.39, 0.29) is 18.7 Å². The van der Waals surface area contributed by atoms with Crippen LogP contribution in [0.3, 0.4) is 0 Å². The van der Waals surface area contributed by atoms with Gasteiger partial charge in [0.1, 0.15) is 26.2 Å². The van der Waals surface area contributed by atoms with E-state index >= 15 is 0 Å². The minimum Gasteiger partial charge on any atom is -0.394 e. The summed E-state index contributed by atoms with van der Waals surface area (Å²) >= 11 is 0. The highest BCUT2D eigenvalue weighted by Gasteiger charge is 2.41. The van der Waals surface area contributed by atoms with Crippen LogP contribution in [0.5, 0.6) is 0 Å². The van der Waals surface area contributed by atoms with Crippen molar-refractivity contribution in [3.8, 4) is 0 Å². The predicted molar refractivity (Wildman–Crippen MR) is 51.9 cm³/mol. The van der Waals surface area contributed by atoms with Crippen LogP contribution in [0.2, 0.25) is 0 Å². The third-order valence-corrected chi connectivity index (χ3v) is 2.35. The average molecular weight is 204 g/mol. The topological polar surface area (TPSA) is 68.2 Å².